The van der Waals surface area contributed by atoms with E-state index in [1.807, 2.05) is 0 Å². The van der Waals surface area contributed by atoms with Gasteiger partial charge in [0.05, 0.1) is 15.9 Å². The van der Waals surface area contributed by atoms with Gasteiger partial charge < -0.3 is 0 Å². The number of halogens is 1. The number of hydrogen-bond donors (Lipinski definition) is 1. The predicted molar refractivity (Wildman–Crippen MR) is 58.3 cm³/mol. The Morgan fingerprint density at radius 1 is 1.53 bits per heavy atom. The predicted octanol–water partition coefficient (Wildman–Crippen LogP) is 1.37. The maximum atomic E-state index is 13.1. The van der Waals surface area contributed by atoms with E-state index in [0.717, 1.165) is 11.2 Å². The highest BCUT2D eigenvalue weighted by atomic mass is 32.2. The minimum atomic E-state index is -4.25. The average Bonchev–Trinajstić information content (AvgIpc) is 2.53. The largest absolute Gasteiger partial charge is 0.339 e. The van der Waals surface area contributed by atoms with Crippen molar-refractivity contribution in [3.05, 3.63) is 34.5 Å². The number of nitrogens with one attached hydrogen (secondary N) is 1. The third kappa shape index (κ3) is 1.84. The van der Waals surface area contributed by atoms with Crippen LogP contribution in [0.3, 0.4) is 0 Å². The molecule has 1 aliphatic rings. The Labute approximate surface area is 96.0 Å². The molecule has 0 aromatic heterocycles. The standard InChI is InChI=1S/C7H7FN6O2S/c1-13-10-6-3-2-5(8)4-7(6)14(13)17(15,16)12-11-9/h2-4,10H,1H3. The van der Waals surface area contributed by atoms with E-state index in [1.54, 1.807) is 0 Å². The molecule has 0 amide bonds. The molecule has 0 unspecified atom stereocenters. The van der Waals surface area contributed by atoms with Gasteiger partial charge in [-0.15, -0.1) is 5.12 Å². The zero-order valence-corrected chi connectivity index (χ0v) is 9.39. The van der Waals surface area contributed by atoms with E-state index in [2.05, 4.69) is 14.9 Å². The monoisotopic (exact) mass is 258 g/mol. The molecule has 0 spiro atoms. The van der Waals surface area contributed by atoms with Gasteiger partial charge in [-0.05, 0) is 17.7 Å². The number of azide groups is 1. The maximum absolute atomic E-state index is 13.1. The zero-order chi connectivity index (χ0) is 12.6. The molecule has 0 bridgehead atoms. The van der Waals surface area contributed by atoms with E-state index in [-0.39, 0.29) is 5.69 Å². The molecule has 0 aliphatic carbocycles. The van der Waals surface area contributed by atoms with Crippen molar-refractivity contribution in [1.82, 2.24) is 5.12 Å². The Morgan fingerprint density at radius 2 is 2.24 bits per heavy atom. The maximum Gasteiger partial charge on any atom is 0.339 e. The Bertz CT molecular complexity index is 611. The second-order valence-electron chi connectivity index (χ2n) is 3.19. The van der Waals surface area contributed by atoms with E-state index >= 15 is 0 Å². The highest BCUT2D eigenvalue weighted by Crippen LogP contribution is 2.35. The number of nitrogens with zero attached hydrogens (tertiary/aromatic N) is 5. The van der Waals surface area contributed by atoms with Gasteiger partial charge in [0.1, 0.15) is 5.82 Å². The van der Waals surface area contributed by atoms with Crippen LogP contribution in [-0.4, -0.2) is 20.6 Å². The molecule has 0 fully saturated rings. The average molecular weight is 258 g/mol. The van der Waals surface area contributed by atoms with Crippen molar-refractivity contribution in [2.45, 2.75) is 0 Å². The van der Waals surface area contributed by atoms with Gasteiger partial charge in [-0.1, -0.05) is 0 Å². The summed E-state index contributed by atoms with van der Waals surface area (Å²) in [5.41, 5.74) is 11.3. The van der Waals surface area contributed by atoms with E-state index < -0.39 is 16.0 Å². The molecule has 1 heterocycles. The first kappa shape index (κ1) is 11.5. The summed E-state index contributed by atoms with van der Waals surface area (Å²) in [7, 11) is -2.86. The van der Waals surface area contributed by atoms with Crippen molar-refractivity contribution in [3.8, 4) is 0 Å². The lowest BCUT2D eigenvalue weighted by molar-refractivity contribution is 0.438. The second kappa shape index (κ2) is 3.77. The molecule has 2 rings (SSSR count). The van der Waals surface area contributed by atoms with Crippen LogP contribution < -0.4 is 9.84 Å². The highest BCUT2D eigenvalue weighted by molar-refractivity contribution is 7.91. The van der Waals surface area contributed by atoms with Crippen molar-refractivity contribution in [1.29, 1.82) is 0 Å². The summed E-state index contributed by atoms with van der Waals surface area (Å²) in [6, 6.07) is 3.59. The van der Waals surface area contributed by atoms with Crippen LogP contribution in [0.2, 0.25) is 0 Å². The van der Waals surface area contributed by atoms with E-state index in [9.17, 15) is 12.8 Å². The molecule has 0 radical (unpaired) electrons. The number of fused-ring (bicyclic) bond motifs is 1. The second-order valence-corrected chi connectivity index (χ2v) is 4.59. The van der Waals surface area contributed by atoms with Gasteiger partial charge >= 0.3 is 10.2 Å². The molecule has 17 heavy (non-hydrogen) atoms. The number of anilines is 2. The summed E-state index contributed by atoms with van der Waals surface area (Å²) in [6.45, 7) is 0. The SMILES string of the molecule is CN1Nc2ccc(F)cc2N1S(=O)(=O)N=[N+]=[N-]. The summed E-state index contributed by atoms with van der Waals surface area (Å²) in [4.78, 5) is 2.23. The first-order valence-corrected chi connectivity index (χ1v) is 5.77. The number of rotatable bonds is 2. The zero-order valence-electron chi connectivity index (χ0n) is 8.57. The van der Waals surface area contributed by atoms with Gasteiger partial charge in [0.15, 0.2) is 0 Å². The fourth-order valence-corrected chi connectivity index (χ4v) is 2.41. The molecule has 8 nitrogen and oxygen atoms in total. The van der Waals surface area contributed by atoms with Gasteiger partial charge in [-0.3, -0.25) is 5.43 Å². The van der Waals surface area contributed by atoms with Crippen LogP contribution in [-0.2, 0) is 10.2 Å². The Hall–Kier alpha value is -2.03. The molecule has 1 aromatic rings. The van der Waals surface area contributed by atoms with Crippen LogP contribution in [0.5, 0.6) is 0 Å². The number of hydrazine groups is 2. The topological polar surface area (TPSA) is 101 Å². The van der Waals surface area contributed by atoms with Crippen molar-refractivity contribution in [3.63, 3.8) is 0 Å². The Kier molecular flexibility index (Phi) is 2.54. The Balaban J connectivity index is 2.59. The lowest BCUT2D eigenvalue weighted by Crippen LogP contribution is -2.41. The summed E-state index contributed by atoms with van der Waals surface area (Å²) < 4.78 is 39.7. The normalized spacial score (nSPS) is 15.1. The van der Waals surface area contributed by atoms with Crippen LogP contribution in [0.1, 0.15) is 0 Å². The highest BCUT2D eigenvalue weighted by Gasteiger charge is 2.33. The molecule has 90 valence electrons. The van der Waals surface area contributed by atoms with Gasteiger partial charge in [-0.2, -0.15) is 12.8 Å². The quantitative estimate of drug-likeness (QED) is 0.491. The fraction of sp³-hybridized carbons (Fsp3) is 0.143. The minimum Gasteiger partial charge on any atom is -0.298 e. The van der Waals surface area contributed by atoms with Crippen molar-refractivity contribution >= 4 is 21.6 Å². The Morgan fingerprint density at radius 3 is 2.88 bits per heavy atom. The summed E-state index contributed by atoms with van der Waals surface area (Å²) in [5.74, 6) is -0.595. The third-order valence-electron chi connectivity index (χ3n) is 2.08. The molecule has 1 aliphatic heterocycles. The van der Waals surface area contributed by atoms with Crippen LogP contribution in [0, 0.1) is 5.82 Å². The summed E-state index contributed by atoms with van der Waals surface area (Å²) in [5, 5.41) is 1.08. The molecular weight excluding hydrogens is 251 g/mol. The summed E-state index contributed by atoms with van der Waals surface area (Å²) in [6.07, 6.45) is 0. The van der Waals surface area contributed by atoms with Gasteiger partial charge in [-0.25, -0.2) is 4.39 Å². The van der Waals surface area contributed by atoms with Gasteiger partial charge in [0, 0.05) is 18.0 Å². The third-order valence-corrected chi connectivity index (χ3v) is 3.24. The van der Waals surface area contributed by atoms with Gasteiger partial charge in [0.25, 0.3) is 0 Å². The summed E-state index contributed by atoms with van der Waals surface area (Å²) >= 11 is 0. The van der Waals surface area contributed by atoms with Crippen LogP contribution in [0.15, 0.2) is 22.7 Å². The molecule has 0 saturated carbocycles. The number of benzene rings is 1. The van der Waals surface area contributed by atoms with Crippen LogP contribution >= 0.6 is 0 Å². The van der Waals surface area contributed by atoms with Crippen molar-refractivity contribution in [2.75, 3.05) is 16.9 Å². The first-order valence-electron chi connectivity index (χ1n) is 4.37. The van der Waals surface area contributed by atoms with Gasteiger partial charge in [0.2, 0.25) is 0 Å². The molecule has 10 heteroatoms. The molecular formula is C7H7FN6O2S. The molecule has 1 N–H and O–H groups in total. The van der Waals surface area contributed by atoms with Crippen molar-refractivity contribution < 1.29 is 12.8 Å². The molecule has 0 atom stereocenters. The van der Waals surface area contributed by atoms with E-state index in [0.29, 0.717) is 10.1 Å². The minimum absolute atomic E-state index is 0.0555. The van der Waals surface area contributed by atoms with Crippen LogP contribution in [0.4, 0.5) is 15.8 Å². The van der Waals surface area contributed by atoms with Crippen molar-refractivity contribution in [2.24, 2.45) is 4.52 Å². The first-order chi connectivity index (χ1) is 7.95. The number of hydrogen-bond acceptors (Lipinski definition) is 4. The van der Waals surface area contributed by atoms with E-state index in [1.165, 1.54) is 19.2 Å². The fourth-order valence-electron chi connectivity index (χ4n) is 1.50. The smallest absolute Gasteiger partial charge is 0.298 e. The lowest BCUT2D eigenvalue weighted by Gasteiger charge is -2.21. The van der Waals surface area contributed by atoms with E-state index in [4.69, 9.17) is 5.53 Å². The van der Waals surface area contributed by atoms with Crippen LogP contribution in [0.25, 0.3) is 10.4 Å². The molecule has 1 aromatic carbocycles. The molecule has 0 saturated heterocycles. The lowest BCUT2D eigenvalue weighted by atomic mass is 10.3.